The monoisotopic (exact) mass is 457 g/mol. The van der Waals surface area contributed by atoms with Crippen LogP contribution in [-0.4, -0.2) is 44.6 Å². The predicted molar refractivity (Wildman–Crippen MR) is 129 cm³/mol. The van der Waals surface area contributed by atoms with Crippen LogP contribution in [-0.2, 0) is 24.3 Å². The molecule has 2 heterocycles. The summed E-state index contributed by atoms with van der Waals surface area (Å²) in [6, 6.07) is 19.4. The fourth-order valence-electron chi connectivity index (χ4n) is 5.35. The number of nitrogens with zero attached hydrogens (tertiary/aromatic N) is 4. The lowest BCUT2D eigenvalue weighted by molar-refractivity contribution is -0.134. The third-order valence-electron chi connectivity index (χ3n) is 7.15. The fraction of sp³-hybridized carbons (Fsp3) is 0.407. The molecule has 1 saturated carbocycles. The van der Waals surface area contributed by atoms with Crippen LogP contribution >= 0.6 is 0 Å². The van der Waals surface area contributed by atoms with Crippen LogP contribution in [0.1, 0.15) is 59.2 Å². The molecule has 1 aliphatic heterocycles. The van der Waals surface area contributed by atoms with Crippen LogP contribution in [0, 0.1) is 5.92 Å². The highest BCUT2D eigenvalue weighted by Crippen LogP contribution is 2.38. The lowest BCUT2D eigenvalue weighted by atomic mass is 9.83. The van der Waals surface area contributed by atoms with Gasteiger partial charge in [-0.25, -0.2) is 0 Å². The van der Waals surface area contributed by atoms with Crippen molar-refractivity contribution in [2.45, 2.75) is 51.1 Å². The first-order valence-electron chi connectivity index (χ1n) is 12.3. The Hall–Kier alpha value is -3.48. The fourth-order valence-corrected chi connectivity index (χ4v) is 5.35. The first-order chi connectivity index (χ1) is 16.7. The summed E-state index contributed by atoms with van der Waals surface area (Å²) in [7, 11) is 0. The van der Waals surface area contributed by atoms with E-state index in [-0.39, 0.29) is 17.7 Å². The minimum Gasteiger partial charge on any atom is -0.345 e. The molecule has 1 N–H and O–H groups in total. The molecule has 7 nitrogen and oxygen atoms in total. The van der Waals surface area contributed by atoms with Gasteiger partial charge in [0.05, 0.1) is 12.5 Å². The third kappa shape index (κ3) is 4.74. The molecule has 5 rings (SSSR count). The van der Waals surface area contributed by atoms with E-state index in [0.717, 1.165) is 30.1 Å². The smallest absolute Gasteiger partial charge is 0.251 e. The van der Waals surface area contributed by atoms with Crippen molar-refractivity contribution in [3.63, 3.8) is 0 Å². The van der Waals surface area contributed by atoms with E-state index < -0.39 is 0 Å². The van der Waals surface area contributed by atoms with E-state index in [1.165, 1.54) is 12.8 Å². The largest absolute Gasteiger partial charge is 0.345 e. The van der Waals surface area contributed by atoms with Crippen molar-refractivity contribution < 1.29 is 9.59 Å². The number of carbonyl (C=O) groups is 2. The summed E-state index contributed by atoms with van der Waals surface area (Å²) in [5.41, 5.74) is 1.75. The number of benzene rings is 2. The predicted octanol–water partition coefficient (Wildman–Crippen LogP) is 3.57. The van der Waals surface area contributed by atoms with Crippen molar-refractivity contribution in [1.29, 1.82) is 0 Å². The molecular weight excluding hydrogens is 426 g/mol. The molecular formula is C27H31N5O2. The standard InChI is InChI=1S/C27H31N5O2/c33-26(22-13-5-2-6-14-22)28-19-24-30-29-23-15-16-31(17-18-32(23)24)27(34)25(21-11-7-8-12-21)20-9-3-1-4-10-20/h1-6,9-10,13-14,21,25H,7-8,11-12,15-19H2,(H,28,33)/t25-/m1/s1. The Balaban J connectivity index is 1.27. The zero-order chi connectivity index (χ0) is 23.3. The number of nitrogens with one attached hydrogen (secondary N) is 1. The topological polar surface area (TPSA) is 80.1 Å². The molecule has 0 spiro atoms. The molecule has 2 aromatic carbocycles. The number of carbonyl (C=O) groups excluding carboxylic acids is 2. The Morgan fingerprint density at radius 2 is 1.62 bits per heavy atom. The van der Waals surface area contributed by atoms with Crippen LogP contribution < -0.4 is 5.32 Å². The summed E-state index contributed by atoms with van der Waals surface area (Å²) in [5, 5.41) is 11.6. The first kappa shape index (κ1) is 22.3. The lowest BCUT2D eigenvalue weighted by Gasteiger charge is -2.30. The summed E-state index contributed by atoms with van der Waals surface area (Å²) in [6.45, 7) is 2.21. The molecule has 0 saturated heterocycles. The minimum atomic E-state index is -0.134. The van der Waals surface area contributed by atoms with Gasteiger partial charge < -0.3 is 14.8 Å². The zero-order valence-corrected chi connectivity index (χ0v) is 19.4. The zero-order valence-electron chi connectivity index (χ0n) is 19.4. The van der Waals surface area contributed by atoms with Gasteiger partial charge in [0.25, 0.3) is 5.91 Å². The summed E-state index contributed by atoms with van der Waals surface area (Å²) in [5.74, 6) is 2.04. The van der Waals surface area contributed by atoms with Gasteiger partial charge in [-0.05, 0) is 36.5 Å². The van der Waals surface area contributed by atoms with Crippen molar-refractivity contribution in [2.24, 2.45) is 5.92 Å². The van der Waals surface area contributed by atoms with Gasteiger partial charge >= 0.3 is 0 Å². The van der Waals surface area contributed by atoms with Crippen LogP contribution in [0.25, 0.3) is 0 Å². The van der Waals surface area contributed by atoms with Crippen LogP contribution in [0.5, 0.6) is 0 Å². The van der Waals surface area contributed by atoms with Crippen molar-refractivity contribution >= 4 is 11.8 Å². The highest BCUT2D eigenvalue weighted by atomic mass is 16.2. The van der Waals surface area contributed by atoms with Gasteiger partial charge in [0.2, 0.25) is 5.91 Å². The molecule has 0 unspecified atom stereocenters. The van der Waals surface area contributed by atoms with Crippen molar-refractivity contribution in [1.82, 2.24) is 25.0 Å². The number of amides is 2. The van der Waals surface area contributed by atoms with E-state index in [2.05, 4.69) is 32.2 Å². The van der Waals surface area contributed by atoms with Crippen LogP contribution in [0.15, 0.2) is 60.7 Å². The average molecular weight is 458 g/mol. The third-order valence-corrected chi connectivity index (χ3v) is 7.15. The summed E-state index contributed by atoms with van der Waals surface area (Å²) in [6.07, 6.45) is 5.32. The molecule has 1 aliphatic carbocycles. The van der Waals surface area contributed by atoms with Gasteiger partial charge in [0.1, 0.15) is 5.82 Å². The Bertz CT molecular complexity index is 1120. The number of fused-ring (bicyclic) bond motifs is 1. The average Bonchev–Trinajstić information content (AvgIpc) is 3.49. The van der Waals surface area contributed by atoms with E-state index >= 15 is 0 Å². The second kappa shape index (κ2) is 10.2. The highest BCUT2D eigenvalue weighted by molar-refractivity contribution is 5.94. The summed E-state index contributed by atoms with van der Waals surface area (Å²) in [4.78, 5) is 28.2. The van der Waals surface area contributed by atoms with Crippen LogP contribution in [0.4, 0.5) is 0 Å². The van der Waals surface area contributed by atoms with Gasteiger partial charge in [-0.15, -0.1) is 10.2 Å². The molecule has 7 heteroatoms. The lowest BCUT2D eigenvalue weighted by Crippen LogP contribution is -2.39. The second-order valence-corrected chi connectivity index (χ2v) is 9.24. The van der Waals surface area contributed by atoms with E-state index in [1.54, 1.807) is 12.1 Å². The van der Waals surface area contributed by atoms with Crippen molar-refractivity contribution in [2.75, 3.05) is 13.1 Å². The van der Waals surface area contributed by atoms with Gasteiger partial charge in [0.15, 0.2) is 5.82 Å². The molecule has 0 radical (unpaired) electrons. The Kier molecular flexibility index (Phi) is 6.70. The SMILES string of the molecule is O=C(NCc1nnc2n1CCN(C(=O)[C@H](c1ccccc1)C1CCCC1)CC2)c1ccccc1. The van der Waals surface area contributed by atoms with Crippen molar-refractivity contribution in [3.8, 4) is 0 Å². The molecule has 1 fully saturated rings. The van der Waals surface area contributed by atoms with Gasteiger partial charge in [0, 0.05) is 31.6 Å². The molecule has 176 valence electrons. The molecule has 2 amide bonds. The quantitative estimate of drug-likeness (QED) is 0.614. The Morgan fingerprint density at radius 1 is 0.912 bits per heavy atom. The maximum atomic E-state index is 13.8. The first-order valence-corrected chi connectivity index (χ1v) is 12.3. The molecule has 2 aliphatic rings. The molecule has 3 aromatic rings. The van der Waals surface area contributed by atoms with E-state index in [0.29, 0.717) is 44.1 Å². The second-order valence-electron chi connectivity index (χ2n) is 9.24. The van der Waals surface area contributed by atoms with Crippen molar-refractivity contribution in [3.05, 3.63) is 83.4 Å². The number of hydrogen-bond donors (Lipinski definition) is 1. The van der Waals surface area contributed by atoms with E-state index in [4.69, 9.17) is 0 Å². The Morgan fingerprint density at radius 3 is 2.35 bits per heavy atom. The normalized spacial score (nSPS) is 17.1. The number of rotatable bonds is 6. The van der Waals surface area contributed by atoms with Crippen LogP contribution in [0.3, 0.4) is 0 Å². The molecule has 34 heavy (non-hydrogen) atoms. The van der Waals surface area contributed by atoms with E-state index in [9.17, 15) is 9.59 Å². The molecule has 1 aromatic heterocycles. The van der Waals surface area contributed by atoms with Gasteiger partial charge in [-0.2, -0.15) is 0 Å². The van der Waals surface area contributed by atoms with Gasteiger partial charge in [-0.3, -0.25) is 9.59 Å². The maximum Gasteiger partial charge on any atom is 0.251 e. The Labute approximate surface area is 200 Å². The summed E-state index contributed by atoms with van der Waals surface area (Å²) >= 11 is 0. The minimum absolute atomic E-state index is 0.0723. The van der Waals surface area contributed by atoms with Gasteiger partial charge in [-0.1, -0.05) is 61.4 Å². The van der Waals surface area contributed by atoms with Crippen LogP contribution in [0.2, 0.25) is 0 Å². The highest BCUT2D eigenvalue weighted by Gasteiger charge is 2.35. The van der Waals surface area contributed by atoms with E-state index in [1.807, 2.05) is 41.3 Å². The maximum absolute atomic E-state index is 13.8. The molecule has 0 bridgehead atoms. The molecule has 1 atom stereocenters. The summed E-state index contributed by atoms with van der Waals surface area (Å²) < 4.78 is 2.06. The number of aromatic nitrogens is 3. The number of hydrogen-bond acceptors (Lipinski definition) is 4.